The van der Waals surface area contributed by atoms with Crippen LogP contribution in [0.25, 0.3) is 0 Å². The maximum absolute atomic E-state index is 12.4. The van der Waals surface area contributed by atoms with E-state index in [2.05, 4.69) is 45.1 Å². The van der Waals surface area contributed by atoms with Crippen LogP contribution in [0, 0.1) is 32.6 Å². The van der Waals surface area contributed by atoms with Crippen molar-refractivity contribution in [3.63, 3.8) is 0 Å². The lowest BCUT2D eigenvalue weighted by Gasteiger charge is -2.28. The first-order chi connectivity index (χ1) is 9.97. The molecule has 0 spiro atoms. The number of rotatable bonds is 5. The number of benzene rings is 1. The highest BCUT2D eigenvalue weighted by molar-refractivity contribution is 5.81. The molecule has 1 aromatic rings. The quantitative estimate of drug-likeness (QED) is 0.893. The van der Waals surface area contributed by atoms with Crippen molar-refractivity contribution in [2.75, 3.05) is 13.1 Å². The zero-order valence-corrected chi connectivity index (χ0v) is 14.0. The number of hydrogen-bond acceptors (Lipinski definition) is 2. The Morgan fingerprint density at radius 3 is 2.52 bits per heavy atom. The van der Waals surface area contributed by atoms with Gasteiger partial charge in [0.25, 0.3) is 0 Å². The van der Waals surface area contributed by atoms with E-state index in [-0.39, 0.29) is 0 Å². The van der Waals surface area contributed by atoms with E-state index in [4.69, 9.17) is 0 Å². The molecule has 116 valence electrons. The molecule has 1 aromatic carbocycles. The Bertz CT molecular complexity index is 477. The Kier molecular flexibility index (Phi) is 5.58. The number of nitrogens with one attached hydrogen (secondary N) is 1. The molecule has 1 N–H and O–H groups in total. The van der Waals surface area contributed by atoms with E-state index in [0.29, 0.717) is 24.0 Å². The monoisotopic (exact) mass is 287 g/mol. The second-order valence-corrected chi connectivity index (χ2v) is 6.88. The summed E-state index contributed by atoms with van der Waals surface area (Å²) in [6.45, 7) is 10.8. The first kappa shape index (κ1) is 16.2. The predicted molar refractivity (Wildman–Crippen MR) is 88.7 cm³/mol. The molecule has 2 heteroatoms. The van der Waals surface area contributed by atoms with Crippen LogP contribution in [-0.2, 0) is 11.2 Å². The largest absolute Gasteiger partial charge is 0.316 e. The van der Waals surface area contributed by atoms with Gasteiger partial charge in [0.15, 0.2) is 0 Å². The SMILES string of the molecule is Cc1cc(C)c(CC(=O)CC(C)C2CCCNC2)c(C)c1. The van der Waals surface area contributed by atoms with E-state index in [1.54, 1.807) is 0 Å². The minimum atomic E-state index is 0.392. The Hall–Kier alpha value is -1.15. The van der Waals surface area contributed by atoms with Crippen molar-refractivity contribution in [2.45, 2.75) is 53.4 Å². The van der Waals surface area contributed by atoms with Crippen molar-refractivity contribution >= 4 is 5.78 Å². The number of carbonyl (C=O) groups is 1. The predicted octanol–water partition coefficient (Wildman–Crippen LogP) is 3.75. The molecule has 21 heavy (non-hydrogen) atoms. The third kappa shape index (κ3) is 4.41. The summed E-state index contributed by atoms with van der Waals surface area (Å²) < 4.78 is 0. The van der Waals surface area contributed by atoms with Gasteiger partial charge in [0.1, 0.15) is 5.78 Å². The van der Waals surface area contributed by atoms with E-state index >= 15 is 0 Å². The zero-order valence-electron chi connectivity index (χ0n) is 14.0. The highest BCUT2D eigenvalue weighted by Crippen LogP contribution is 2.24. The highest BCUT2D eigenvalue weighted by atomic mass is 16.1. The summed E-state index contributed by atoms with van der Waals surface area (Å²) >= 11 is 0. The van der Waals surface area contributed by atoms with Crippen LogP contribution >= 0.6 is 0 Å². The molecular formula is C19H29NO. The normalized spacial score (nSPS) is 20.3. The summed E-state index contributed by atoms with van der Waals surface area (Å²) in [5.41, 5.74) is 5.03. The summed E-state index contributed by atoms with van der Waals surface area (Å²) in [6, 6.07) is 4.37. The Balaban J connectivity index is 1.95. The lowest BCUT2D eigenvalue weighted by molar-refractivity contribution is -0.119. The molecule has 0 radical (unpaired) electrons. The van der Waals surface area contributed by atoms with Gasteiger partial charge in [0.05, 0.1) is 0 Å². The Morgan fingerprint density at radius 2 is 1.95 bits per heavy atom. The molecule has 1 aliphatic heterocycles. The summed E-state index contributed by atoms with van der Waals surface area (Å²) in [4.78, 5) is 12.4. The van der Waals surface area contributed by atoms with E-state index in [9.17, 15) is 4.79 Å². The molecule has 1 heterocycles. The van der Waals surface area contributed by atoms with Gasteiger partial charge in [-0.1, -0.05) is 24.6 Å². The van der Waals surface area contributed by atoms with Crippen molar-refractivity contribution in [1.82, 2.24) is 5.32 Å². The van der Waals surface area contributed by atoms with Crippen LogP contribution in [0.3, 0.4) is 0 Å². The van der Waals surface area contributed by atoms with Gasteiger partial charge in [-0.25, -0.2) is 0 Å². The number of ketones is 1. The summed E-state index contributed by atoms with van der Waals surface area (Å²) in [5.74, 6) is 1.56. The molecule has 0 aliphatic carbocycles. The van der Waals surface area contributed by atoms with E-state index in [1.165, 1.54) is 35.1 Å². The van der Waals surface area contributed by atoms with Crippen molar-refractivity contribution in [3.05, 3.63) is 34.4 Å². The summed E-state index contributed by atoms with van der Waals surface area (Å²) in [6.07, 6.45) is 3.84. The van der Waals surface area contributed by atoms with Gasteiger partial charge in [0.2, 0.25) is 0 Å². The lowest BCUT2D eigenvalue weighted by Crippen LogP contribution is -2.34. The average molecular weight is 287 g/mol. The minimum Gasteiger partial charge on any atom is -0.316 e. The number of aryl methyl sites for hydroxylation is 3. The fourth-order valence-corrected chi connectivity index (χ4v) is 3.65. The Morgan fingerprint density at radius 1 is 1.29 bits per heavy atom. The maximum atomic E-state index is 12.4. The molecular weight excluding hydrogens is 258 g/mol. The smallest absolute Gasteiger partial charge is 0.137 e. The van der Waals surface area contributed by atoms with E-state index in [1.807, 2.05) is 0 Å². The molecule has 0 bridgehead atoms. The van der Waals surface area contributed by atoms with Crippen LogP contribution in [0.5, 0.6) is 0 Å². The first-order valence-electron chi connectivity index (χ1n) is 8.26. The highest BCUT2D eigenvalue weighted by Gasteiger charge is 2.22. The number of carbonyl (C=O) groups excluding carboxylic acids is 1. The van der Waals surface area contributed by atoms with Crippen LogP contribution in [0.4, 0.5) is 0 Å². The van der Waals surface area contributed by atoms with Gasteiger partial charge in [-0.15, -0.1) is 0 Å². The number of piperidine rings is 1. The van der Waals surface area contributed by atoms with Crippen molar-refractivity contribution in [2.24, 2.45) is 11.8 Å². The van der Waals surface area contributed by atoms with Crippen LogP contribution in [-0.4, -0.2) is 18.9 Å². The van der Waals surface area contributed by atoms with Gasteiger partial charge in [0, 0.05) is 12.8 Å². The lowest BCUT2D eigenvalue weighted by atomic mass is 9.83. The van der Waals surface area contributed by atoms with E-state index < -0.39 is 0 Å². The standard InChI is InChI=1S/C19H29NO/c1-13-8-15(3)19(16(4)9-13)11-18(21)10-14(2)17-6-5-7-20-12-17/h8-9,14,17,20H,5-7,10-12H2,1-4H3. The fraction of sp³-hybridized carbons (Fsp3) is 0.632. The number of Topliss-reactive ketones (excluding diaryl/α,β-unsaturated/α-hetero) is 1. The van der Waals surface area contributed by atoms with Crippen LogP contribution < -0.4 is 5.32 Å². The average Bonchev–Trinajstić information content (AvgIpc) is 2.43. The number of hydrogen-bond donors (Lipinski definition) is 1. The van der Waals surface area contributed by atoms with Crippen molar-refractivity contribution in [3.8, 4) is 0 Å². The zero-order chi connectivity index (χ0) is 15.4. The van der Waals surface area contributed by atoms with Crippen LogP contribution in [0.1, 0.15) is 48.4 Å². The van der Waals surface area contributed by atoms with Crippen LogP contribution in [0.15, 0.2) is 12.1 Å². The summed E-state index contributed by atoms with van der Waals surface area (Å²) in [7, 11) is 0. The molecule has 0 saturated carbocycles. The maximum Gasteiger partial charge on any atom is 0.137 e. The van der Waals surface area contributed by atoms with Gasteiger partial charge in [-0.2, -0.15) is 0 Å². The summed E-state index contributed by atoms with van der Waals surface area (Å²) in [5, 5.41) is 3.45. The Labute approximate surface area is 129 Å². The van der Waals surface area contributed by atoms with E-state index in [0.717, 1.165) is 19.5 Å². The molecule has 2 unspecified atom stereocenters. The molecule has 0 amide bonds. The minimum absolute atomic E-state index is 0.392. The molecule has 0 aromatic heterocycles. The molecule has 1 fully saturated rings. The van der Waals surface area contributed by atoms with Gasteiger partial charge < -0.3 is 5.32 Å². The molecule has 1 aliphatic rings. The molecule has 2 nitrogen and oxygen atoms in total. The topological polar surface area (TPSA) is 29.1 Å². The fourth-order valence-electron chi connectivity index (χ4n) is 3.65. The second kappa shape index (κ2) is 7.22. The van der Waals surface area contributed by atoms with Gasteiger partial charge in [-0.05, 0) is 75.2 Å². The van der Waals surface area contributed by atoms with Gasteiger partial charge >= 0.3 is 0 Å². The first-order valence-corrected chi connectivity index (χ1v) is 8.26. The van der Waals surface area contributed by atoms with Crippen molar-refractivity contribution in [1.29, 1.82) is 0 Å². The second-order valence-electron chi connectivity index (χ2n) is 6.88. The molecule has 1 saturated heterocycles. The molecule has 2 rings (SSSR count). The van der Waals surface area contributed by atoms with Gasteiger partial charge in [-0.3, -0.25) is 4.79 Å². The third-order valence-electron chi connectivity index (χ3n) is 4.90. The van der Waals surface area contributed by atoms with Crippen molar-refractivity contribution < 1.29 is 4.79 Å². The molecule has 2 atom stereocenters. The third-order valence-corrected chi connectivity index (χ3v) is 4.90. The van der Waals surface area contributed by atoms with Crippen LogP contribution in [0.2, 0.25) is 0 Å².